The van der Waals surface area contributed by atoms with Crippen LogP contribution in [-0.2, 0) is 10.2 Å². The van der Waals surface area contributed by atoms with Crippen LogP contribution in [0.1, 0.15) is 94.5 Å². The Hall–Kier alpha value is -2.77. The molecule has 7 heteroatoms. The molecule has 43 heavy (non-hydrogen) atoms. The minimum Gasteiger partial charge on any atom is -0.368 e. The van der Waals surface area contributed by atoms with E-state index in [2.05, 4.69) is 51.6 Å². The standard InChI is InChI=1S/C36H48FN5O/c1-25-39-32-12-5-6-13-33(32)42(25)31-23-29-14-15-30(24-31)41(29)21-18-36(27-10-7-11-28(37)22-27)16-19-40(20-17-36)34(35(38)43)26-8-3-2-4-9-26/h5-7,10-13,22,26,29-31,34H,2-4,8-9,14-21,23-24H2,1H3,(H2,38,43). The molecule has 2 N–H and O–H groups in total. The Bertz CT molecular complexity index is 1420. The molecule has 1 saturated carbocycles. The third-order valence-electron chi connectivity index (χ3n) is 11.8. The molecular weight excluding hydrogens is 537 g/mol. The maximum Gasteiger partial charge on any atom is 0.235 e. The van der Waals surface area contributed by atoms with Crippen molar-refractivity contribution in [3.05, 3.63) is 65.7 Å². The van der Waals surface area contributed by atoms with E-state index in [-0.39, 0.29) is 23.2 Å². The van der Waals surface area contributed by atoms with Gasteiger partial charge < -0.3 is 10.3 Å². The van der Waals surface area contributed by atoms with E-state index in [4.69, 9.17) is 10.7 Å². The SMILES string of the molecule is Cc1nc2ccccc2n1C1CC2CCC(C1)N2CCC1(c2cccc(F)c2)CCN(C(C(N)=O)C2CCCCC2)CC1. The molecule has 3 saturated heterocycles. The topological polar surface area (TPSA) is 67.4 Å². The van der Waals surface area contributed by atoms with Gasteiger partial charge in [-0.2, -0.15) is 0 Å². The lowest BCUT2D eigenvalue weighted by Gasteiger charge is -2.48. The molecule has 0 spiro atoms. The van der Waals surface area contributed by atoms with E-state index >= 15 is 0 Å². The highest BCUT2D eigenvalue weighted by atomic mass is 19.1. The van der Waals surface area contributed by atoms with Crippen molar-refractivity contribution >= 4 is 16.9 Å². The Kier molecular flexibility index (Phi) is 8.06. The van der Waals surface area contributed by atoms with Crippen LogP contribution in [0.5, 0.6) is 0 Å². The predicted molar refractivity (Wildman–Crippen MR) is 169 cm³/mol. The van der Waals surface area contributed by atoms with Crippen molar-refractivity contribution in [3.8, 4) is 0 Å². The van der Waals surface area contributed by atoms with E-state index in [1.807, 2.05) is 6.07 Å². The van der Waals surface area contributed by atoms with Crippen molar-refractivity contribution in [1.29, 1.82) is 0 Å². The number of piperidine rings is 2. The Balaban J connectivity index is 1.07. The molecule has 1 aliphatic carbocycles. The smallest absolute Gasteiger partial charge is 0.235 e. The zero-order chi connectivity index (χ0) is 29.6. The fraction of sp³-hybridized carbons (Fsp3) is 0.611. The lowest BCUT2D eigenvalue weighted by atomic mass is 9.69. The number of aryl methyl sites for hydroxylation is 1. The van der Waals surface area contributed by atoms with Gasteiger partial charge in [0.2, 0.25) is 5.91 Å². The van der Waals surface area contributed by atoms with Crippen LogP contribution in [0.25, 0.3) is 11.0 Å². The van der Waals surface area contributed by atoms with Gasteiger partial charge >= 0.3 is 0 Å². The number of imidazole rings is 1. The highest BCUT2D eigenvalue weighted by molar-refractivity contribution is 5.80. The number of nitrogens with zero attached hydrogens (tertiary/aromatic N) is 4. The number of nitrogens with two attached hydrogens (primary N) is 1. The summed E-state index contributed by atoms with van der Waals surface area (Å²) in [5, 5.41) is 0. The number of para-hydroxylation sites is 2. The second kappa shape index (κ2) is 12.0. The minimum atomic E-state index is -0.164. The third-order valence-corrected chi connectivity index (χ3v) is 11.8. The summed E-state index contributed by atoms with van der Waals surface area (Å²) in [4.78, 5) is 22.8. The maximum absolute atomic E-state index is 14.6. The van der Waals surface area contributed by atoms with Gasteiger partial charge in [0, 0.05) is 18.1 Å². The number of rotatable bonds is 8. The molecule has 3 aromatic rings. The summed E-state index contributed by atoms with van der Waals surface area (Å²) in [5.41, 5.74) is 9.44. The number of aromatic nitrogens is 2. The molecular formula is C36H48FN5O. The monoisotopic (exact) mass is 585 g/mol. The van der Waals surface area contributed by atoms with E-state index < -0.39 is 0 Å². The summed E-state index contributed by atoms with van der Waals surface area (Å²) in [6.45, 7) is 4.90. The average molecular weight is 586 g/mol. The second-order valence-corrected chi connectivity index (χ2v) is 14.1. The summed E-state index contributed by atoms with van der Waals surface area (Å²) in [5.74, 6) is 1.19. The summed E-state index contributed by atoms with van der Waals surface area (Å²) in [6, 6.07) is 17.4. The zero-order valence-electron chi connectivity index (χ0n) is 25.8. The molecule has 3 atom stereocenters. The summed E-state index contributed by atoms with van der Waals surface area (Å²) >= 11 is 0. The number of halogens is 1. The van der Waals surface area contributed by atoms with Crippen molar-refractivity contribution < 1.29 is 9.18 Å². The van der Waals surface area contributed by atoms with Crippen LogP contribution >= 0.6 is 0 Å². The third kappa shape index (κ3) is 5.52. The van der Waals surface area contributed by atoms with Gasteiger partial charge in [0.25, 0.3) is 0 Å². The van der Waals surface area contributed by atoms with Crippen molar-refractivity contribution in [2.75, 3.05) is 19.6 Å². The predicted octanol–water partition coefficient (Wildman–Crippen LogP) is 6.51. The first-order valence-corrected chi connectivity index (χ1v) is 16.9. The summed E-state index contributed by atoms with van der Waals surface area (Å²) in [6.07, 6.45) is 13.6. The lowest BCUT2D eigenvalue weighted by Crippen LogP contribution is -2.55. The van der Waals surface area contributed by atoms with Gasteiger partial charge in [0.15, 0.2) is 0 Å². The molecule has 0 radical (unpaired) electrons. The van der Waals surface area contributed by atoms with E-state index in [1.165, 1.54) is 50.5 Å². The van der Waals surface area contributed by atoms with Crippen LogP contribution in [0.15, 0.2) is 48.5 Å². The van der Waals surface area contributed by atoms with Crippen LogP contribution in [0.2, 0.25) is 0 Å². The second-order valence-electron chi connectivity index (χ2n) is 14.1. The van der Waals surface area contributed by atoms with Crippen LogP contribution in [0.3, 0.4) is 0 Å². The van der Waals surface area contributed by atoms with E-state index in [9.17, 15) is 9.18 Å². The maximum atomic E-state index is 14.6. The summed E-state index contributed by atoms with van der Waals surface area (Å²) in [7, 11) is 0. The molecule has 1 amide bonds. The van der Waals surface area contributed by atoms with E-state index in [0.29, 0.717) is 24.0 Å². The Morgan fingerprint density at radius 3 is 2.40 bits per heavy atom. The Labute approximate surface area is 255 Å². The molecule has 4 aliphatic rings. The van der Waals surface area contributed by atoms with Crippen molar-refractivity contribution in [3.63, 3.8) is 0 Å². The van der Waals surface area contributed by atoms with Gasteiger partial charge in [-0.05, 0) is 126 Å². The van der Waals surface area contributed by atoms with Crippen LogP contribution in [0, 0.1) is 18.7 Å². The first-order valence-electron chi connectivity index (χ1n) is 16.9. The molecule has 230 valence electrons. The van der Waals surface area contributed by atoms with Crippen molar-refractivity contribution in [2.24, 2.45) is 11.7 Å². The number of fused-ring (bicyclic) bond motifs is 3. The number of benzene rings is 2. The van der Waals surface area contributed by atoms with Gasteiger partial charge in [0.1, 0.15) is 11.6 Å². The fourth-order valence-corrected chi connectivity index (χ4v) is 9.68. The highest BCUT2D eigenvalue weighted by Gasteiger charge is 2.45. The minimum absolute atomic E-state index is 0.0826. The van der Waals surface area contributed by atoms with E-state index in [0.717, 1.165) is 68.6 Å². The average Bonchev–Trinajstić information content (AvgIpc) is 3.47. The van der Waals surface area contributed by atoms with Crippen molar-refractivity contribution in [1.82, 2.24) is 19.4 Å². The highest BCUT2D eigenvalue weighted by Crippen LogP contribution is 2.45. The number of hydrogen-bond acceptors (Lipinski definition) is 4. The molecule has 4 heterocycles. The summed E-state index contributed by atoms with van der Waals surface area (Å²) < 4.78 is 17.1. The largest absolute Gasteiger partial charge is 0.368 e. The van der Waals surface area contributed by atoms with Crippen LogP contribution < -0.4 is 5.73 Å². The Morgan fingerprint density at radius 1 is 0.977 bits per heavy atom. The number of hydrogen-bond donors (Lipinski definition) is 1. The molecule has 4 fully saturated rings. The van der Waals surface area contributed by atoms with E-state index in [1.54, 1.807) is 12.1 Å². The number of likely N-dealkylation sites (tertiary alicyclic amines) is 1. The molecule has 3 aliphatic heterocycles. The molecule has 1 aromatic heterocycles. The fourth-order valence-electron chi connectivity index (χ4n) is 9.68. The first kappa shape index (κ1) is 29.0. The Morgan fingerprint density at radius 2 is 1.70 bits per heavy atom. The quantitative estimate of drug-likeness (QED) is 0.327. The lowest BCUT2D eigenvalue weighted by molar-refractivity contribution is -0.126. The van der Waals surface area contributed by atoms with Gasteiger partial charge in [-0.15, -0.1) is 0 Å². The van der Waals surface area contributed by atoms with Gasteiger partial charge in [0.05, 0.1) is 17.1 Å². The number of primary amides is 1. The zero-order valence-corrected chi connectivity index (χ0v) is 25.8. The first-order chi connectivity index (χ1) is 20.9. The normalized spacial score (nSPS) is 27.4. The number of amides is 1. The van der Waals surface area contributed by atoms with Crippen LogP contribution in [-0.4, -0.2) is 63.0 Å². The molecule has 3 unspecified atom stereocenters. The van der Waals surface area contributed by atoms with Crippen molar-refractivity contribution in [2.45, 2.75) is 114 Å². The molecule has 7 rings (SSSR count). The number of carbonyl (C=O) groups is 1. The number of carbonyl (C=O) groups excluding carboxylic acids is 1. The van der Waals surface area contributed by atoms with Gasteiger partial charge in [-0.25, -0.2) is 9.37 Å². The molecule has 2 aromatic carbocycles. The van der Waals surface area contributed by atoms with Gasteiger partial charge in [-0.3, -0.25) is 14.6 Å². The van der Waals surface area contributed by atoms with Gasteiger partial charge in [-0.1, -0.05) is 43.5 Å². The molecule has 6 nitrogen and oxygen atoms in total. The molecule has 2 bridgehead atoms. The van der Waals surface area contributed by atoms with Crippen LogP contribution in [0.4, 0.5) is 4.39 Å².